The van der Waals surface area contributed by atoms with Crippen LogP contribution in [0.15, 0.2) is 84.1 Å². The average molecular weight is 576 g/mol. The maximum Gasteiger partial charge on any atom is 0.573 e. The van der Waals surface area contributed by atoms with Crippen LogP contribution in [0.5, 0.6) is 5.75 Å². The number of anilines is 1. The summed E-state index contributed by atoms with van der Waals surface area (Å²) in [6.45, 7) is 6.16. The quantitative estimate of drug-likeness (QED) is 0.372. The Morgan fingerprint density at radius 2 is 1.85 bits per heavy atom. The number of halogens is 3. The van der Waals surface area contributed by atoms with Gasteiger partial charge < -0.3 is 15.0 Å². The molecular formula is C27H28F3N5O4S. The van der Waals surface area contributed by atoms with Crippen LogP contribution in [0.4, 0.5) is 18.9 Å². The van der Waals surface area contributed by atoms with Gasteiger partial charge in [0.2, 0.25) is 0 Å². The molecule has 0 bridgehead atoms. The molecule has 1 aliphatic heterocycles. The van der Waals surface area contributed by atoms with Crippen LogP contribution in [0.1, 0.15) is 10.4 Å². The fraction of sp³-hybridized carbons (Fsp3) is 0.259. The van der Waals surface area contributed by atoms with Crippen molar-refractivity contribution < 1.29 is 31.1 Å². The zero-order valence-corrected chi connectivity index (χ0v) is 22.4. The Kier molecular flexibility index (Phi) is 8.64. The van der Waals surface area contributed by atoms with Crippen LogP contribution in [0.25, 0.3) is 10.9 Å². The number of carbonyl (C=O) groups is 1. The molecule has 1 amide bonds. The summed E-state index contributed by atoms with van der Waals surface area (Å²) in [5, 5.41) is 3.62. The first-order valence-corrected chi connectivity index (χ1v) is 13.8. The molecule has 2 aromatic carbocycles. The van der Waals surface area contributed by atoms with Gasteiger partial charge in [-0.3, -0.25) is 19.4 Å². The molecule has 0 aliphatic carbocycles. The second-order valence-electron chi connectivity index (χ2n) is 8.94. The van der Waals surface area contributed by atoms with E-state index in [1.54, 1.807) is 31.3 Å². The summed E-state index contributed by atoms with van der Waals surface area (Å²) in [6.07, 6.45) is -0.184. The summed E-state index contributed by atoms with van der Waals surface area (Å²) in [5.41, 5.74) is 0.578. The summed E-state index contributed by atoms with van der Waals surface area (Å²) in [5.74, 6) is -1.34. The van der Waals surface area contributed by atoms with Crippen molar-refractivity contribution in [1.29, 1.82) is 0 Å². The van der Waals surface area contributed by atoms with Gasteiger partial charge in [0.15, 0.2) is 5.75 Å². The molecule has 1 fully saturated rings. The molecule has 1 saturated heterocycles. The number of piperazine rings is 1. The smallest absolute Gasteiger partial charge is 0.404 e. The number of ether oxygens (including phenoxy) is 1. The van der Waals surface area contributed by atoms with Gasteiger partial charge in [0, 0.05) is 62.6 Å². The van der Waals surface area contributed by atoms with E-state index >= 15 is 0 Å². The van der Waals surface area contributed by atoms with Crippen LogP contribution in [0.3, 0.4) is 0 Å². The molecule has 13 heteroatoms. The number of likely N-dealkylation sites (N-methyl/N-ethyl adjacent to an activating group) is 1. The average Bonchev–Trinajstić information content (AvgIpc) is 2.92. The largest absolute Gasteiger partial charge is 0.573 e. The van der Waals surface area contributed by atoms with Gasteiger partial charge in [-0.15, -0.1) is 13.2 Å². The fourth-order valence-corrected chi connectivity index (χ4v) is 5.58. The van der Waals surface area contributed by atoms with Crippen LogP contribution in [-0.2, 0) is 10.0 Å². The van der Waals surface area contributed by atoms with Crippen molar-refractivity contribution in [2.45, 2.75) is 11.3 Å². The maximum atomic E-state index is 13.3. The zero-order chi connectivity index (χ0) is 28.9. The lowest BCUT2D eigenvalue weighted by molar-refractivity contribution is -0.274. The number of allylic oxidation sites excluding steroid dienone is 2. The second-order valence-corrected chi connectivity index (χ2v) is 10.6. The first-order valence-electron chi connectivity index (χ1n) is 12.3. The number of sulfonamides is 1. The van der Waals surface area contributed by atoms with E-state index in [1.165, 1.54) is 29.3 Å². The van der Waals surface area contributed by atoms with Crippen molar-refractivity contribution in [2.75, 3.05) is 44.5 Å². The van der Waals surface area contributed by atoms with E-state index in [0.29, 0.717) is 38.1 Å². The van der Waals surface area contributed by atoms with E-state index in [4.69, 9.17) is 0 Å². The Bertz CT molecular complexity index is 1530. The molecule has 3 aromatic rings. The van der Waals surface area contributed by atoms with Gasteiger partial charge in [-0.25, -0.2) is 8.42 Å². The van der Waals surface area contributed by atoms with Gasteiger partial charge in [0.1, 0.15) is 4.90 Å². The molecule has 9 nitrogen and oxygen atoms in total. The highest BCUT2D eigenvalue weighted by atomic mass is 32.2. The molecule has 0 spiro atoms. The summed E-state index contributed by atoms with van der Waals surface area (Å²) >= 11 is 0. The fourth-order valence-electron chi connectivity index (χ4n) is 4.33. The van der Waals surface area contributed by atoms with Gasteiger partial charge in [-0.1, -0.05) is 30.9 Å². The van der Waals surface area contributed by atoms with Crippen molar-refractivity contribution in [2.24, 2.45) is 0 Å². The number of carbonyl (C=O) groups excluding carboxylic acids is 1. The summed E-state index contributed by atoms with van der Waals surface area (Å²) < 4.78 is 72.5. The number of pyridine rings is 1. The van der Waals surface area contributed by atoms with Crippen LogP contribution < -0.4 is 14.8 Å². The number of nitrogens with one attached hydrogen (secondary N) is 2. The van der Waals surface area contributed by atoms with Crippen molar-refractivity contribution in [3.05, 3.63) is 84.7 Å². The van der Waals surface area contributed by atoms with Crippen molar-refractivity contribution in [3.8, 4) is 5.75 Å². The summed E-state index contributed by atoms with van der Waals surface area (Å²) in [7, 11) is -2.57. The molecule has 1 aliphatic rings. The molecule has 212 valence electrons. The highest BCUT2D eigenvalue weighted by Crippen LogP contribution is 2.34. The summed E-state index contributed by atoms with van der Waals surface area (Å²) in [6, 6.07) is 11.0. The molecule has 0 radical (unpaired) electrons. The lowest BCUT2D eigenvalue weighted by Crippen LogP contribution is -2.49. The van der Waals surface area contributed by atoms with Crippen molar-refractivity contribution in [1.82, 2.24) is 20.1 Å². The van der Waals surface area contributed by atoms with E-state index in [9.17, 15) is 26.4 Å². The first-order chi connectivity index (χ1) is 19.0. The van der Waals surface area contributed by atoms with Crippen LogP contribution in [-0.4, -0.2) is 75.2 Å². The minimum Gasteiger partial charge on any atom is -0.404 e. The number of hydrogen-bond acceptors (Lipinski definition) is 7. The normalized spacial score (nSPS) is 15.1. The molecular weight excluding hydrogens is 547 g/mol. The number of rotatable bonds is 9. The highest BCUT2D eigenvalue weighted by molar-refractivity contribution is 7.93. The van der Waals surface area contributed by atoms with E-state index in [-0.39, 0.29) is 16.0 Å². The zero-order valence-electron chi connectivity index (χ0n) is 21.6. The van der Waals surface area contributed by atoms with Gasteiger partial charge in [-0.2, -0.15) is 0 Å². The molecule has 0 atom stereocenters. The monoisotopic (exact) mass is 575 g/mol. The van der Waals surface area contributed by atoms with Crippen molar-refractivity contribution >= 4 is 32.5 Å². The molecule has 1 aromatic heterocycles. The molecule has 2 heterocycles. The third-order valence-electron chi connectivity index (χ3n) is 6.28. The lowest BCUT2D eigenvalue weighted by atomic mass is 10.1. The predicted octanol–water partition coefficient (Wildman–Crippen LogP) is 3.98. The number of nitrogens with zero attached hydrogens (tertiary/aromatic N) is 3. The highest BCUT2D eigenvalue weighted by Gasteiger charge is 2.34. The van der Waals surface area contributed by atoms with Crippen LogP contribution in [0.2, 0.25) is 0 Å². The minimum absolute atomic E-state index is 0.0649. The van der Waals surface area contributed by atoms with E-state index in [0.717, 1.165) is 17.8 Å². The van der Waals surface area contributed by atoms with Crippen LogP contribution >= 0.6 is 0 Å². The molecule has 0 saturated carbocycles. The number of benzene rings is 2. The molecule has 4 rings (SSSR count). The topological polar surface area (TPSA) is 104 Å². The van der Waals surface area contributed by atoms with Gasteiger partial charge in [0.05, 0.1) is 11.2 Å². The van der Waals surface area contributed by atoms with Gasteiger partial charge in [-0.05, 0) is 36.4 Å². The van der Waals surface area contributed by atoms with Crippen LogP contribution in [0, 0.1) is 0 Å². The molecule has 40 heavy (non-hydrogen) atoms. The maximum absolute atomic E-state index is 13.3. The Morgan fingerprint density at radius 1 is 1.12 bits per heavy atom. The number of amides is 1. The van der Waals surface area contributed by atoms with Crippen molar-refractivity contribution in [3.63, 3.8) is 0 Å². The molecule has 0 unspecified atom stereocenters. The van der Waals surface area contributed by atoms with E-state index in [1.807, 2.05) is 6.08 Å². The van der Waals surface area contributed by atoms with E-state index < -0.39 is 33.7 Å². The SMILES string of the molecule is C=C/C=C(/CN1CCN(C(=O)c2ccc(NS(=O)(=O)c3cccc4cccnc34)c(OC(F)(F)F)c2)CC1)NC. The number of fused-ring (bicyclic) bond motifs is 1. The predicted molar refractivity (Wildman–Crippen MR) is 145 cm³/mol. The third-order valence-corrected chi connectivity index (χ3v) is 7.67. The number of alkyl halides is 3. The molecule has 2 N–H and O–H groups in total. The first kappa shape index (κ1) is 28.9. The Balaban J connectivity index is 1.56. The number of hydrogen-bond donors (Lipinski definition) is 2. The Hall–Kier alpha value is -4.10. The minimum atomic E-state index is -5.13. The number of aromatic nitrogens is 1. The van der Waals surface area contributed by atoms with E-state index in [2.05, 4.69) is 31.2 Å². The number of para-hydroxylation sites is 1. The van der Waals surface area contributed by atoms with Gasteiger partial charge in [0.25, 0.3) is 15.9 Å². The lowest BCUT2D eigenvalue weighted by Gasteiger charge is -2.35. The van der Waals surface area contributed by atoms with Gasteiger partial charge >= 0.3 is 6.36 Å². The third kappa shape index (κ3) is 6.90. The Labute approximate surface area is 230 Å². The second kappa shape index (κ2) is 12.0. The Morgan fingerprint density at radius 3 is 2.52 bits per heavy atom. The standard InChI is InChI=1S/C27H28F3N5O4S/c1-3-6-21(31-2)18-34-13-15-35(16-14-34)26(36)20-10-11-22(23(17-20)39-27(28,29)30)33-40(37,38)24-9-4-7-19-8-5-12-32-25(19)24/h3-12,17,31,33H,1,13-16,18H2,2H3/b21-6-. The summed E-state index contributed by atoms with van der Waals surface area (Å²) in [4.78, 5) is 20.7.